The van der Waals surface area contributed by atoms with Crippen LogP contribution in [-0.4, -0.2) is 18.6 Å². The van der Waals surface area contributed by atoms with Gasteiger partial charge in [0.25, 0.3) is 5.56 Å². The van der Waals surface area contributed by atoms with Gasteiger partial charge in [0, 0.05) is 11.1 Å². The lowest BCUT2D eigenvalue weighted by molar-refractivity contribution is 0.725. The van der Waals surface area contributed by atoms with E-state index in [4.69, 9.17) is 0 Å². The average Bonchev–Trinajstić information content (AvgIpc) is 2.31. The summed E-state index contributed by atoms with van der Waals surface area (Å²) in [6, 6.07) is 8.19. The van der Waals surface area contributed by atoms with E-state index in [0.717, 1.165) is 35.9 Å². The van der Waals surface area contributed by atoms with Gasteiger partial charge >= 0.3 is 0 Å². The van der Waals surface area contributed by atoms with Crippen LogP contribution in [0.1, 0.15) is 17.5 Å². The molecule has 0 radical (unpaired) electrons. The molecule has 90 valence electrons. The quantitative estimate of drug-likeness (QED) is 0.789. The second kappa shape index (κ2) is 5.15. The first-order valence-electron chi connectivity index (χ1n) is 5.98. The standard InChI is InChI=1S/C14H18N2O/c1-10-8-12-9-11(4-3-7-15-2)5-6-13(12)16-14(10)17/h5-6,8-9,15H,3-4,7H2,1-2H3,(H,16,17). The Morgan fingerprint density at radius 1 is 1.29 bits per heavy atom. The molecule has 1 aromatic heterocycles. The van der Waals surface area contributed by atoms with Crippen molar-refractivity contribution in [3.63, 3.8) is 0 Å². The summed E-state index contributed by atoms with van der Waals surface area (Å²) in [6.45, 7) is 2.87. The lowest BCUT2D eigenvalue weighted by Gasteiger charge is -2.04. The van der Waals surface area contributed by atoms with Crippen molar-refractivity contribution in [1.82, 2.24) is 10.3 Å². The summed E-state index contributed by atoms with van der Waals surface area (Å²) in [5, 5.41) is 4.26. The van der Waals surface area contributed by atoms with Crippen LogP contribution in [-0.2, 0) is 6.42 Å². The maximum absolute atomic E-state index is 11.5. The third kappa shape index (κ3) is 2.74. The van der Waals surface area contributed by atoms with Crippen molar-refractivity contribution in [3.8, 4) is 0 Å². The van der Waals surface area contributed by atoms with Gasteiger partial charge in [-0.15, -0.1) is 0 Å². The Hall–Kier alpha value is -1.61. The highest BCUT2D eigenvalue weighted by atomic mass is 16.1. The SMILES string of the molecule is CNCCCc1ccc2[nH]c(=O)c(C)cc2c1. The molecule has 2 aromatic rings. The summed E-state index contributed by atoms with van der Waals surface area (Å²) in [5.74, 6) is 0. The van der Waals surface area contributed by atoms with Crippen molar-refractivity contribution in [2.45, 2.75) is 19.8 Å². The van der Waals surface area contributed by atoms with Gasteiger partial charge in [0.1, 0.15) is 0 Å². The van der Waals surface area contributed by atoms with Gasteiger partial charge in [-0.1, -0.05) is 6.07 Å². The molecule has 1 heterocycles. The van der Waals surface area contributed by atoms with Crippen LogP contribution in [0.5, 0.6) is 0 Å². The minimum absolute atomic E-state index is 0.000401. The van der Waals surface area contributed by atoms with Gasteiger partial charge in [-0.3, -0.25) is 4.79 Å². The Labute approximate surface area is 101 Å². The molecular formula is C14H18N2O. The fourth-order valence-electron chi connectivity index (χ4n) is 1.99. The number of benzene rings is 1. The van der Waals surface area contributed by atoms with E-state index in [1.807, 2.05) is 26.1 Å². The number of aryl methyl sites for hydroxylation is 2. The number of hydrogen-bond acceptors (Lipinski definition) is 2. The number of fused-ring (bicyclic) bond motifs is 1. The molecule has 0 atom stereocenters. The second-order valence-corrected chi connectivity index (χ2v) is 4.41. The number of hydrogen-bond donors (Lipinski definition) is 2. The number of H-pyrrole nitrogens is 1. The lowest BCUT2D eigenvalue weighted by atomic mass is 10.1. The molecule has 3 heteroatoms. The Kier molecular flexibility index (Phi) is 3.59. The first kappa shape index (κ1) is 11.9. The van der Waals surface area contributed by atoms with Gasteiger partial charge in [-0.2, -0.15) is 0 Å². The normalized spacial score (nSPS) is 10.9. The maximum atomic E-state index is 11.5. The predicted molar refractivity (Wildman–Crippen MR) is 71.6 cm³/mol. The molecule has 1 aromatic carbocycles. The highest BCUT2D eigenvalue weighted by Gasteiger charge is 2.00. The van der Waals surface area contributed by atoms with Crippen LogP contribution in [0.3, 0.4) is 0 Å². The van der Waals surface area contributed by atoms with Crippen molar-refractivity contribution in [1.29, 1.82) is 0 Å². The Morgan fingerprint density at radius 2 is 2.12 bits per heavy atom. The molecule has 0 aliphatic rings. The monoisotopic (exact) mass is 230 g/mol. The third-order valence-corrected chi connectivity index (χ3v) is 2.99. The fourth-order valence-corrected chi connectivity index (χ4v) is 1.99. The van der Waals surface area contributed by atoms with Crippen LogP contribution in [0.15, 0.2) is 29.1 Å². The Bertz CT molecular complexity index is 572. The topological polar surface area (TPSA) is 44.9 Å². The number of rotatable bonds is 4. The number of aromatic amines is 1. The van der Waals surface area contributed by atoms with Gasteiger partial charge in [-0.25, -0.2) is 0 Å². The van der Waals surface area contributed by atoms with E-state index in [1.165, 1.54) is 5.56 Å². The van der Waals surface area contributed by atoms with Gasteiger partial charge in [0.15, 0.2) is 0 Å². The van der Waals surface area contributed by atoms with Gasteiger partial charge in [0.05, 0.1) is 0 Å². The zero-order chi connectivity index (χ0) is 12.3. The van der Waals surface area contributed by atoms with Gasteiger partial charge in [-0.05, 0) is 62.5 Å². The number of nitrogens with one attached hydrogen (secondary N) is 2. The van der Waals surface area contributed by atoms with Crippen LogP contribution < -0.4 is 10.9 Å². The number of aromatic nitrogens is 1. The van der Waals surface area contributed by atoms with Crippen molar-refractivity contribution in [3.05, 3.63) is 45.7 Å². The van der Waals surface area contributed by atoms with Crippen molar-refractivity contribution in [2.75, 3.05) is 13.6 Å². The molecule has 0 aliphatic heterocycles. The largest absolute Gasteiger partial charge is 0.322 e. The Morgan fingerprint density at radius 3 is 2.88 bits per heavy atom. The Balaban J connectivity index is 2.30. The molecule has 3 nitrogen and oxygen atoms in total. The van der Waals surface area contributed by atoms with Crippen molar-refractivity contribution in [2.24, 2.45) is 0 Å². The molecule has 0 saturated carbocycles. The summed E-state index contributed by atoms with van der Waals surface area (Å²) in [7, 11) is 1.97. The molecule has 17 heavy (non-hydrogen) atoms. The molecule has 0 spiro atoms. The van der Waals surface area contributed by atoms with E-state index in [2.05, 4.69) is 22.4 Å². The molecule has 0 fully saturated rings. The zero-order valence-electron chi connectivity index (χ0n) is 10.3. The first-order valence-corrected chi connectivity index (χ1v) is 5.98. The fraction of sp³-hybridized carbons (Fsp3) is 0.357. The molecule has 2 N–H and O–H groups in total. The third-order valence-electron chi connectivity index (χ3n) is 2.99. The predicted octanol–water partition coefficient (Wildman–Crippen LogP) is 1.99. The average molecular weight is 230 g/mol. The molecule has 2 rings (SSSR count). The van der Waals surface area contributed by atoms with E-state index in [9.17, 15) is 4.79 Å². The minimum atomic E-state index is 0.000401. The second-order valence-electron chi connectivity index (χ2n) is 4.41. The van der Waals surface area contributed by atoms with Crippen LogP contribution in [0.25, 0.3) is 10.9 Å². The highest BCUT2D eigenvalue weighted by molar-refractivity contribution is 5.79. The highest BCUT2D eigenvalue weighted by Crippen LogP contribution is 2.14. The summed E-state index contributed by atoms with van der Waals surface area (Å²) in [5.41, 5.74) is 3.00. The summed E-state index contributed by atoms with van der Waals surface area (Å²) >= 11 is 0. The summed E-state index contributed by atoms with van der Waals surface area (Å²) in [4.78, 5) is 14.3. The molecule has 0 unspecified atom stereocenters. The van der Waals surface area contributed by atoms with E-state index in [0.29, 0.717) is 0 Å². The van der Waals surface area contributed by atoms with Crippen LogP contribution in [0.2, 0.25) is 0 Å². The maximum Gasteiger partial charge on any atom is 0.251 e. The van der Waals surface area contributed by atoms with E-state index < -0.39 is 0 Å². The van der Waals surface area contributed by atoms with Crippen LogP contribution >= 0.6 is 0 Å². The molecule has 0 bridgehead atoms. The van der Waals surface area contributed by atoms with Crippen molar-refractivity contribution >= 4 is 10.9 Å². The minimum Gasteiger partial charge on any atom is -0.322 e. The van der Waals surface area contributed by atoms with E-state index >= 15 is 0 Å². The molecule has 0 amide bonds. The summed E-state index contributed by atoms with van der Waals surface area (Å²) in [6.07, 6.45) is 2.19. The molecular weight excluding hydrogens is 212 g/mol. The molecule has 0 saturated heterocycles. The molecule has 0 aliphatic carbocycles. The lowest BCUT2D eigenvalue weighted by Crippen LogP contribution is -2.09. The van der Waals surface area contributed by atoms with E-state index in [1.54, 1.807) is 0 Å². The van der Waals surface area contributed by atoms with Crippen LogP contribution in [0.4, 0.5) is 0 Å². The smallest absolute Gasteiger partial charge is 0.251 e. The summed E-state index contributed by atoms with van der Waals surface area (Å²) < 4.78 is 0. The first-order chi connectivity index (χ1) is 8.20. The number of pyridine rings is 1. The zero-order valence-corrected chi connectivity index (χ0v) is 10.3. The van der Waals surface area contributed by atoms with E-state index in [-0.39, 0.29) is 5.56 Å². The van der Waals surface area contributed by atoms with Crippen LogP contribution in [0, 0.1) is 6.92 Å². The van der Waals surface area contributed by atoms with Crippen molar-refractivity contribution < 1.29 is 0 Å². The van der Waals surface area contributed by atoms with Gasteiger partial charge < -0.3 is 10.3 Å². The van der Waals surface area contributed by atoms with Gasteiger partial charge in [0.2, 0.25) is 0 Å².